The van der Waals surface area contributed by atoms with E-state index in [0.717, 1.165) is 25.9 Å². The zero-order valence-corrected chi connectivity index (χ0v) is 10.4. The fourth-order valence-electron chi connectivity index (χ4n) is 2.13. The van der Waals surface area contributed by atoms with E-state index in [9.17, 15) is 4.39 Å². The highest BCUT2D eigenvalue weighted by Gasteiger charge is 2.28. The smallest absolute Gasteiger partial charge is 0.186 e. The van der Waals surface area contributed by atoms with Crippen molar-refractivity contribution in [2.45, 2.75) is 38.6 Å². The van der Waals surface area contributed by atoms with Crippen LogP contribution in [0.25, 0.3) is 0 Å². The molecule has 1 aromatic heterocycles. The lowest BCUT2D eigenvalue weighted by atomic mass is 9.90. The monoisotopic (exact) mass is 238 g/mol. The second-order valence-corrected chi connectivity index (χ2v) is 4.77. The number of anilines is 1. The third-order valence-electron chi connectivity index (χ3n) is 3.32. The first-order valence-electron chi connectivity index (χ1n) is 6.13. The molecule has 2 heterocycles. The van der Waals surface area contributed by atoms with Crippen molar-refractivity contribution in [3.63, 3.8) is 0 Å². The van der Waals surface area contributed by atoms with Gasteiger partial charge < -0.3 is 10.6 Å². The fourth-order valence-corrected chi connectivity index (χ4v) is 2.13. The van der Waals surface area contributed by atoms with Crippen molar-refractivity contribution in [3.05, 3.63) is 17.8 Å². The highest BCUT2D eigenvalue weighted by atomic mass is 19.1. The maximum Gasteiger partial charge on any atom is 0.186 e. The Morgan fingerprint density at radius 3 is 2.76 bits per heavy atom. The van der Waals surface area contributed by atoms with Crippen LogP contribution in [0.4, 0.5) is 10.2 Å². The summed E-state index contributed by atoms with van der Waals surface area (Å²) in [5, 5.41) is 6.53. The first kappa shape index (κ1) is 12.2. The van der Waals surface area contributed by atoms with Gasteiger partial charge in [0.25, 0.3) is 0 Å². The van der Waals surface area contributed by atoms with Crippen LogP contribution in [0.15, 0.2) is 6.33 Å². The van der Waals surface area contributed by atoms with Crippen LogP contribution >= 0.6 is 0 Å². The van der Waals surface area contributed by atoms with Crippen molar-refractivity contribution >= 4 is 5.82 Å². The van der Waals surface area contributed by atoms with Gasteiger partial charge in [-0.15, -0.1) is 0 Å². The van der Waals surface area contributed by atoms with Crippen molar-refractivity contribution < 1.29 is 4.39 Å². The second kappa shape index (κ2) is 4.96. The van der Waals surface area contributed by atoms with Crippen molar-refractivity contribution in [1.82, 2.24) is 15.3 Å². The normalized spacial score (nSPS) is 19.0. The van der Waals surface area contributed by atoms with Crippen molar-refractivity contribution in [3.8, 4) is 0 Å². The summed E-state index contributed by atoms with van der Waals surface area (Å²) in [6.07, 6.45) is 3.95. The molecular weight excluding hydrogens is 219 g/mol. The van der Waals surface area contributed by atoms with Crippen LogP contribution in [0.5, 0.6) is 0 Å². The third-order valence-corrected chi connectivity index (χ3v) is 3.32. The van der Waals surface area contributed by atoms with E-state index in [4.69, 9.17) is 0 Å². The average molecular weight is 238 g/mol. The van der Waals surface area contributed by atoms with E-state index in [1.54, 1.807) is 0 Å². The highest BCUT2D eigenvalue weighted by Crippen LogP contribution is 2.24. The van der Waals surface area contributed by atoms with Gasteiger partial charge in [0.05, 0.1) is 5.69 Å². The fraction of sp³-hybridized carbons (Fsp3) is 0.667. The largest absolute Gasteiger partial charge is 0.362 e. The molecule has 1 aromatic rings. The van der Waals surface area contributed by atoms with Crippen LogP contribution in [0, 0.1) is 5.82 Å². The van der Waals surface area contributed by atoms with Crippen LogP contribution in [0.1, 0.15) is 32.4 Å². The molecule has 0 bridgehead atoms. The molecule has 0 spiro atoms. The molecule has 0 atom stereocenters. The summed E-state index contributed by atoms with van der Waals surface area (Å²) in [6, 6.07) is 0. The molecular formula is C12H19FN4. The first-order chi connectivity index (χ1) is 8.14. The van der Waals surface area contributed by atoms with E-state index in [2.05, 4.69) is 27.5 Å². The van der Waals surface area contributed by atoms with Crippen LogP contribution in [0.2, 0.25) is 0 Å². The topological polar surface area (TPSA) is 49.8 Å². The van der Waals surface area contributed by atoms with E-state index in [0.29, 0.717) is 17.9 Å². The lowest BCUT2D eigenvalue weighted by Gasteiger charge is -2.35. The Bertz CT molecular complexity index is 388. The third kappa shape index (κ3) is 2.72. The van der Waals surface area contributed by atoms with Gasteiger partial charge in [-0.3, -0.25) is 0 Å². The molecule has 1 fully saturated rings. The van der Waals surface area contributed by atoms with Crippen molar-refractivity contribution in [1.29, 1.82) is 0 Å². The van der Waals surface area contributed by atoms with Gasteiger partial charge in [0.15, 0.2) is 11.6 Å². The van der Waals surface area contributed by atoms with Gasteiger partial charge in [-0.25, -0.2) is 14.4 Å². The van der Waals surface area contributed by atoms with Crippen LogP contribution < -0.4 is 10.6 Å². The van der Waals surface area contributed by atoms with Gasteiger partial charge in [-0.2, -0.15) is 0 Å². The number of aromatic nitrogens is 2. The molecule has 1 aliphatic rings. The number of piperidine rings is 1. The Morgan fingerprint density at radius 1 is 1.41 bits per heavy atom. The molecule has 0 radical (unpaired) electrons. The predicted molar refractivity (Wildman–Crippen MR) is 65.5 cm³/mol. The lowest BCUT2D eigenvalue weighted by Crippen LogP contribution is -2.45. The molecule has 0 unspecified atom stereocenters. The van der Waals surface area contributed by atoms with Crippen LogP contribution in [0.3, 0.4) is 0 Å². The molecule has 1 aliphatic heterocycles. The van der Waals surface area contributed by atoms with Crippen molar-refractivity contribution in [2.75, 3.05) is 18.4 Å². The zero-order chi connectivity index (χ0) is 12.3. The highest BCUT2D eigenvalue weighted by molar-refractivity contribution is 5.40. The number of rotatable bonds is 3. The van der Waals surface area contributed by atoms with Gasteiger partial charge in [-0.1, -0.05) is 6.92 Å². The minimum atomic E-state index is -0.310. The summed E-state index contributed by atoms with van der Waals surface area (Å²) >= 11 is 0. The minimum Gasteiger partial charge on any atom is -0.362 e. The van der Waals surface area contributed by atoms with Gasteiger partial charge in [0, 0.05) is 5.54 Å². The molecule has 2 rings (SSSR count). The molecule has 2 N–H and O–H groups in total. The summed E-state index contributed by atoms with van der Waals surface area (Å²) in [7, 11) is 0. The number of nitrogens with zero attached hydrogens (tertiary/aromatic N) is 2. The Kier molecular flexibility index (Phi) is 3.57. The summed E-state index contributed by atoms with van der Waals surface area (Å²) in [6.45, 7) is 5.91. The Labute approximate surface area is 101 Å². The summed E-state index contributed by atoms with van der Waals surface area (Å²) in [5.74, 6) is 0.0241. The van der Waals surface area contributed by atoms with Crippen LogP contribution in [-0.4, -0.2) is 28.6 Å². The molecule has 1 saturated heterocycles. The van der Waals surface area contributed by atoms with E-state index >= 15 is 0 Å². The maximum absolute atomic E-state index is 14.0. The van der Waals surface area contributed by atoms with Gasteiger partial charge in [-0.05, 0) is 39.3 Å². The summed E-state index contributed by atoms with van der Waals surface area (Å²) < 4.78 is 14.0. The number of aryl methyl sites for hydroxylation is 1. The lowest BCUT2D eigenvalue weighted by molar-refractivity contribution is 0.362. The maximum atomic E-state index is 14.0. The zero-order valence-electron chi connectivity index (χ0n) is 10.4. The van der Waals surface area contributed by atoms with Crippen LogP contribution in [-0.2, 0) is 6.42 Å². The molecule has 94 valence electrons. The number of halogens is 1. The Balaban J connectivity index is 2.17. The second-order valence-electron chi connectivity index (χ2n) is 4.77. The van der Waals surface area contributed by atoms with E-state index in [1.807, 2.05) is 6.92 Å². The van der Waals surface area contributed by atoms with E-state index < -0.39 is 0 Å². The number of nitrogens with one attached hydrogen (secondary N) is 2. The number of hydrogen-bond acceptors (Lipinski definition) is 4. The minimum absolute atomic E-state index is 0.0779. The summed E-state index contributed by atoms with van der Waals surface area (Å²) in [5.41, 5.74) is 0.394. The molecule has 0 aliphatic carbocycles. The first-order valence-corrected chi connectivity index (χ1v) is 6.13. The molecule has 0 amide bonds. The Morgan fingerprint density at radius 2 is 2.12 bits per heavy atom. The Hall–Kier alpha value is -1.23. The average Bonchev–Trinajstić information content (AvgIpc) is 2.32. The van der Waals surface area contributed by atoms with Gasteiger partial charge >= 0.3 is 0 Å². The van der Waals surface area contributed by atoms with E-state index in [-0.39, 0.29) is 11.4 Å². The van der Waals surface area contributed by atoms with Crippen molar-refractivity contribution in [2.24, 2.45) is 0 Å². The standard InChI is InChI=1S/C12H19FN4/c1-3-9-10(13)11(16-8-15-9)17-12(2)4-6-14-7-5-12/h8,14H,3-7H2,1-2H3,(H,15,16,17). The van der Waals surface area contributed by atoms with Gasteiger partial charge in [0.1, 0.15) is 6.33 Å². The molecule has 4 nitrogen and oxygen atoms in total. The molecule has 0 saturated carbocycles. The van der Waals surface area contributed by atoms with E-state index in [1.165, 1.54) is 6.33 Å². The predicted octanol–water partition coefficient (Wildman–Crippen LogP) is 1.73. The summed E-state index contributed by atoms with van der Waals surface area (Å²) in [4.78, 5) is 7.94. The molecule has 5 heteroatoms. The molecule has 0 aromatic carbocycles. The quantitative estimate of drug-likeness (QED) is 0.842. The number of hydrogen-bond donors (Lipinski definition) is 2. The SMILES string of the molecule is CCc1ncnc(NC2(C)CCNCC2)c1F. The van der Waals surface area contributed by atoms with Gasteiger partial charge in [0.2, 0.25) is 0 Å². The molecule has 17 heavy (non-hydrogen) atoms.